The summed E-state index contributed by atoms with van der Waals surface area (Å²) in [6, 6.07) is 8.81. The molecular weight excluding hydrogens is 340 g/mol. The van der Waals surface area contributed by atoms with E-state index in [-0.39, 0.29) is 6.61 Å². The summed E-state index contributed by atoms with van der Waals surface area (Å²) in [5, 5.41) is 0. The van der Waals surface area contributed by atoms with E-state index in [1.807, 2.05) is 19.9 Å². The molecule has 0 bridgehead atoms. The highest BCUT2D eigenvalue weighted by atomic mass is 16.9. The smallest absolute Gasteiger partial charge is 0.338 e. The molecular formula is C19H24O7. The molecule has 142 valence electrons. The third-order valence-corrected chi connectivity index (χ3v) is 4.75. The van der Waals surface area contributed by atoms with Crippen LogP contribution in [-0.4, -0.2) is 54.9 Å². The van der Waals surface area contributed by atoms with Crippen molar-refractivity contribution in [3.8, 4) is 0 Å². The lowest BCUT2D eigenvalue weighted by Crippen LogP contribution is -2.53. The average molecular weight is 364 g/mol. The SMILES string of the molecule is CC1(C)OC[C@@H]2OC3(COC(C)(C)O3)[C@H](OC(=O)c3ccccc3)[C@H]2O1. The average Bonchev–Trinajstić information content (AvgIpc) is 3.04. The molecule has 3 saturated heterocycles. The molecule has 1 aromatic rings. The number of benzene rings is 1. The Bertz CT molecular complexity index is 684. The maximum atomic E-state index is 12.7. The highest BCUT2D eigenvalue weighted by molar-refractivity contribution is 5.89. The standard InChI is InChI=1S/C19H24O7/c1-17(2)21-10-13-14(25-17)15(19(24-13)11-22-18(3,4)26-19)23-16(20)12-8-6-5-7-9-12/h5-9,13-15H,10-11H2,1-4H3/t13-,14-,15+,19?/m0/s1. The molecule has 0 aromatic heterocycles. The number of esters is 1. The number of carbonyl (C=O) groups is 1. The van der Waals surface area contributed by atoms with Gasteiger partial charge in [0, 0.05) is 0 Å². The lowest BCUT2D eigenvalue weighted by atomic mass is 10.0. The van der Waals surface area contributed by atoms with E-state index in [1.54, 1.807) is 38.1 Å². The van der Waals surface area contributed by atoms with Gasteiger partial charge in [0.2, 0.25) is 5.79 Å². The summed E-state index contributed by atoms with van der Waals surface area (Å²) in [4.78, 5) is 12.7. The number of hydrogen-bond acceptors (Lipinski definition) is 7. The minimum absolute atomic E-state index is 0.142. The van der Waals surface area contributed by atoms with Crippen molar-refractivity contribution < 1.29 is 33.2 Å². The van der Waals surface area contributed by atoms with E-state index >= 15 is 0 Å². The van der Waals surface area contributed by atoms with Gasteiger partial charge in [0.05, 0.1) is 12.2 Å². The van der Waals surface area contributed by atoms with Crippen molar-refractivity contribution in [3.05, 3.63) is 35.9 Å². The van der Waals surface area contributed by atoms with Gasteiger partial charge in [-0.2, -0.15) is 0 Å². The number of ether oxygens (including phenoxy) is 6. The maximum Gasteiger partial charge on any atom is 0.338 e. The van der Waals surface area contributed by atoms with E-state index < -0.39 is 41.6 Å². The third-order valence-electron chi connectivity index (χ3n) is 4.75. The molecule has 3 fully saturated rings. The largest absolute Gasteiger partial charge is 0.450 e. The van der Waals surface area contributed by atoms with Gasteiger partial charge < -0.3 is 28.4 Å². The molecule has 3 aliphatic rings. The van der Waals surface area contributed by atoms with Crippen molar-refractivity contribution >= 4 is 5.97 Å². The van der Waals surface area contributed by atoms with Crippen LogP contribution < -0.4 is 0 Å². The summed E-state index contributed by atoms with van der Waals surface area (Å²) >= 11 is 0. The Hall–Kier alpha value is -1.51. The molecule has 4 rings (SSSR count). The van der Waals surface area contributed by atoms with Gasteiger partial charge in [-0.15, -0.1) is 0 Å². The van der Waals surface area contributed by atoms with E-state index in [0.29, 0.717) is 12.2 Å². The second-order valence-corrected chi connectivity index (χ2v) is 7.74. The van der Waals surface area contributed by atoms with Crippen molar-refractivity contribution in [1.82, 2.24) is 0 Å². The molecule has 0 saturated carbocycles. The van der Waals surface area contributed by atoms with Crippen LogP contribution in [0, 0.1) is 0 Å². The number of rotatable bonds is 2. The highest BCUT2D eigenvalue weighted by Crippen LogP contribution is 2.46. The van der Waals surface area contributed by atoms with E-state index in [9.17, 15) is 4.79 Å². The molecule has 26 heavy (non-hydrogen) atoms. The molecule has 0 N–H and O–H groups in total. The number of carbonyl (C=O) groups excluding carboxylic acids is 1. The molecule has 1 aromatic carbocycles. The van der Waals surface area contributed by atoms with E-state index in [0.717, 1.165) is 0 Å². The zero-order chi connectivity index (χ0) is 18.6. The Labute approximate surface area is 152 Å². The Balaban J connectivity index is 1.63. The van der Waals surface area contributed by atoms with E-state index in [1.165, 1.54) is 0 Å². The molecule has 4 atom stereocenters. The topological polar surface area (TPSA) is 72.5 Å². The second-order valence-electron chi connectivity index (χ2n) is 7.74. The Morgan fingerprint density at radius 3 is 2.42 bits per heavy atom. The van der Waals surface area contributed by atoms with Crippen molar-refractivity contribution in [2.75, 3.05) is 13.2 Å². The van der Waals surface area contributed by atoms with Gasteiger partial charge in [-0.05, 0) is 39.8 Å². The van der Waals surface area contributed by atoms with Crippen LogP contribution >= 0.6 is 0 Å². The van der Waals surface area contributed by atoms with Gasteiger partial charge in [-0.3, -0.25) is 0 Å². The van der Waals surface area contributed by atoms with Crippen molar-refractivity contribution in [1.29, 1.82) is 0 Å². The molecule has 3 heterocycles. The minimum Gasteiger partial charge on any atom is -0.450 e. The maximum absolute atomic E-state index is 12.7. The summed E-state index contributed by atoms with van der Waals surface area (Å²) in [5.41, 5.74) is 0.454. The van der Waals surface area contributed by atoms with Gasteiger partial charge in [-0.25, -0.2) is 4.79 Å². The normalized spacial score (nSPS) is 37.5. The predicted molar refractivity (Wildman–Crippen MR) is 89.3 cm³/mol. The molecule has 3 aliphatic heterocycles. The van der Waals surface area contributed by atoms with Gasteiger partial charge in [0.1, 0.15) is 18.8 Å². The van der Waals surface area contributed by atoms with Crippen LogP contribution in [0.1, 0.15) is 38.1 Å². The molecule has 7 heteroatoms. The van der Waals surface area contributed by atoms with Gasteiger partial charge in [0.25, 0.3) is 0 Å². The number of hydrogen-bond donors (Lipinski definition) is 0. The third kappa shape index (κ3) is 3.14. The van der Waals surface area contributed by atoms with E-state index in [2.05, 4.69) is 0 Å². The Kier molecular flexibility index (Phi) is 4.13. The summed E-state index contributed by atoms with van der Waals surface area (Å²) in [5.74, 6) is -3.32. The van der Waals surface area contributed by atoms with Crippen LogP contribution in [0.5, 0.6) is 0 Å². The lowest BCUT2D eigenvalue weighted by Gasteiger charge is -2.38. The molecule has 0 aliphatic carbocycles. The van der Waals surface area contributed by atoms with Crippen LogP contribution in [0.2, 0.25) is 0 Å². The monoisotopic (exact) mass is 364 g/mol. The summed E-state index contributed by atoms with van der Waals surface area (Å²) in [7, 11) is 0. The molecule has 1 unspecified atom stereocenters. The predicted octanol–water partition coefficient (Wildman–Crippen LogP) is 2.24. The summed E-state index contributed by atoms with van der Waals surface area (Å²) in [6.07, 6.45) is -1.69. The van der Waals surface area contributed by atoms with Crippen LogP contribution in [0.25, 0.3) is 0 Å². The van der Waals surface area contributed by atoms with Crippen LogP contribution in [-0.2, 0) is 28.4 Å². The second kappa shape index (κ2) is 6.00. The van der Waals surface area contributed by atoms with Crippen LogP contribution in [0.15, 0.2) is 30.3 Å². The van der Waals surface area contributed by atoms with Gasteiger partial charge in [-0.1, -0.05) is 18.2 Å². The van der Waals surface area contributed by atoms with E-state index in [4.69, 9.17) is 28.4 Å². The van der Waals surface area contributed by atoms with Crippen LogP contribution in [0.4, 0.5) is 0 Å². The fraction of sp³-hybridized carbons (Fsp3) is 0.632. The molecule has 1 spiro atoms. The Morgan fingerprint density at radius 2 is 1.77 bits per heavy atom. The molecule has 0 radical (unpaired) electrons. The fourth-order valence-corrected chi connectivity index (χ4v) is 3.61. The first kappa shape index (κ1) is 17.9. The van der Waals surface area contributed by atoms with Crippen molar-refractivity contribution in [2.24, 2.45) is 0 Å². The summed E-state index contributed by atoms with van der Waals surface area (Å²) < 4.78 is 35.5. The van der Waals surface area contributed by atoms with Crippen molar-refractivity contribution in [3.63, 3.8) is 0 Å². The first-order valence-electron chi connectivity index (χ1n) is 8.80. The fourth-order valence-electron chi connectivity index (χ4n) is 3.61. The lowest BCUT2D eigenvalue weighted by molar-refractivity contribution is -0.303. The number of fused-ring (bicyclic) bond motifs is 1. The van der Waals surface area contributed by atoms with Crippen molar-refractivity contribution in [2.45, 2.75) is 63.4 Å². The Morgan fingerprint density at radius 1 is 1.04 bits per heavy atom. The zero-order valence-corrected chi connectivity index (χ0v) is 15.4. The minimum atomic E-state index is -1.22. The first-order valence-corrected chi connectivity index (χ1v) is 8.80. The summed E-state index contributed by atoms with van der Waals surface area (Å²) in [6.45, 7) is 7.70. The molecule has 7 nitrogen and oxygen atoms in total. The quantitative estimate of drug-likeness (QED) is 0.745. The van der Waals surface area contributed by atoms with Gasteiger partial charge >= 0.3 is 5.97 Å². The zero-order valence-electron chi connectivity index (χ0n) is 15.4. The van der Waals surface area contributed by atoms with Gasteiger partial charge in [0.15, 0.2) is 17.7 Å². The first-order chi connectivity index (χ1) is 12.2. The highest BCUT2D eigenvalue weighted by Gasteiger charge is 2.66. The molecule has 0 amide bonds. The van der Waals surface area contributed by atoms with Crippen LogP contribution in [0.3, 0.4) is 0 Å².